The SMILES string of the molecule is C[C@@H]1CC2C3CCC4=CC(=O)C=CC4(C)C3(F)C(O)CC2(C)C1(O)C(=O)CN=C(N)N. The van der Waals surface area contributed by atoms with Gasteiger partial charge < -0.3 is 21.7 Å². The molecule has 0 aromatic heterocycles. The highest BCUT2D eigenvalue weighted by molar-refractivity contribution is 6.01. The van der Waals surface area contributed by atoms with Gasteiger partial charge in [0.05, 0.1) is 6.10 Å². The van der Waals surface area contributed by atoms with E-state index in [1.165, 1.54) is 12.2 Å². The van der Waals surface area contributed by atoms with Crippen LogP contribution in [-0.4, -0.2) is 51.7 Å². The van der Waals surface area contributed by atoms with Gasteiger partial charge in [-0.3, -0.25) is 9.59 Å². The number of carbonyl (C=O) groups is 2. The molecule has 8 atom stereocenters. The van der Waals surface area contributed by atoms with E-state index in [0.29, 0.717) is 24.8 Å². The third-order valence-electron chi connectivity index (χ3n) is 9.05. The van der Waals surface area contributed by atoms with Crippen LogP contribution in [0.15, 0.2) is 28.8 Å². The van der Waals surface area contributed by atoms with E-state index in [4.69, 9.17) is 11.5 Å². The van der Waals surface area contributed by atoms with Gasteiger partial charge in [-0.15, -0.1) is 0 Å². The Morgan fingerprint density at radius 2 is 2.00 bits per heavy atom. The molecule has 0 bridgehead atoms. The zero-order chi connectivity index (χ0) is 23.0. The molecule has 0 radical (unpaired) electrons. The average molecular weight is 434 g/mol. The van der Waals surface area contributed by atoms with Crippen LogP contribution in [0.4, 0.5) is 4.39 Å². The number of ketones is 2. The number of hydrogen-bond acceptors (Lipinski definition) is 5. The van der Waals surface area contributed by atoms with E-state index < -0.39 is 45.8 Å². The summed E-state index contributed by atoms with van der Waals surface area (Å²) in [7, 11) is 0. The molecule has 4 rings (SSSR count). The molecular weight excluding hydrogens is 401 g/mol. The van der Waals surface area contributed by atoms with Crippen LogP contribution in [0.3, 0.4) is 0 Å². The second kappa shape index (κ2) is 6.72. The highest BCUT2D eigenvalue weighted by Crippen LogP contribution is 2.70. The van der Waals surface area contributed by atoms with Crippen molar-refractivity contribution >= 4 is 17.5 Å². The largest absolute Gasteiger partial charge is 0.390 e. The van der Waals surface area contributed by atoms with Crippen LogP contribution in [0.5, 0.6) is 0 Å². The summed E-state index contributed by atoms with van der Waals surface area (Å²) in [6.07, 6.45) is 4.43. The van der Waals surface area contributed by atoms with E-state index in [2.05, 4.69) is 4.99 Å². The summed E-state index contributed by atoms with van der Waals surface area (Å²) in [5.41, 5.74) is 5.54. The maximum absolute atomic E-state index is 17.0. The van der Waals surface area contributed by atoms with E-state index in [1.54, 1.807) is 26.8 Å². The summed E-state index contributed by atoms with van der Waals surface area (Å²) in [4.78, 5) is 28.8. The number of fused-ring (bicyclic) bond motifs is 5. The average Bonchev–Trinajstić information content (AvgIpc) is 2.89. The number of aliphatic imine (C=N–C) groups is 1. The van der Waals surface area contributed by atoms with Crippen LogP contribution in [0.25, 0.3) is 0 Å². The van der Waals surface area contributed by atoms with E-state index in [-0.39, 0.29) is 30.6 Å². The fourth-order valence-corrected chi connectivity index (χ4v) is 7.42. The van der Waals surface area contributed by atoms with Crippen molar-refractivity contribution in [3.8, 4) is 0 Å². The normalized spacial score (nSPS) is 48.3. The maximum Gasteiger partial charge on any atom is 0.186 e. The van der Waals surface area contributed by atoms with Gasteiger partial charge in [0.25, 0.3) is 0 Å². The van der Waals surface area contributed by atoms with Gasteiger partial charge in [0.2, 0.25) is 0 Å². The first-order valence-corrected chi connectivity index (χ1v) is 10.9. The zero-order valence-corrected chi connectivity index (χ0v) is 18.3. The van der Waals surface area contributed by atoms with Crippen molar-refractivity contribution in [2.45, 2.75) is 63.8 Å². The van der Waals surface area contributed by atoms with E-state index in [0.717, 1.165) is 0 Å². The molecule has 0 spiro atoms. The molecule has 4 aliphatic carbocycles. The van der Waals surface area contributed by atoms with Crippen molar-refractivity contribution in [1.29, 1.82) is 0 Å². The maximum atomic E-state index is 17.0. The minimum atomic E-state index is -1.99. The predicted molar refractivity (Wildman–Crippen MR) is 114 cm³/mol. The number of hydrogen-bond donors (Lipinski definition) is 4. The topological polar surface area (TPSA) is 139 Å². The lowest BCUT2D eigenvalue weighted by atomic mass is 9.44. The standard InChI is InChI=1S/C23H32FN3O4/c1-12-8-16-15-5-4-13-9-14(28)6-7-20(13,2)22(15,24)17(29)10-21(16,3)23(12,31)18(30)11-27-19(25)26/h6-7,9,12,15-17,29,31H,4-5,8,10-11H2,1-3H3,(H4,25,26,27)/t12-,15?,16?,17?,20?,21?,22?,23?/m1/s1. The monoisotopic (exact) mass is 433 g/mol. The molecule has 8 heteroatoms. The van der Waals surface area contributed by atoms with E-state index >= 15 is 4.39 Å². The Hall–Kier alpha value is -2.06. The van der Waals surface area contributed by atoms with Crippen LogP contribution in [0, 0.1) is 28.6 Å². The fourth-order valence-electron chi connectivity index (χ4n) is 7.42. The van der Waals surface area contributed by atoms with Gasteiger partial charge in [-0.1, -0.05) is 25.5 Å². The summed E-state index contributed by atoms with van der Waals surface area (Å²) in [5, 5.41) is 23.0. The number of nitrogens with zero attached hydrogens (tertiary/aromatic N) is 1. The number of rotatable bonds is 3. The molecule has 6 N–H and O–H groups in total. The Bertz CT molecular complexity index is 928. The van der Waals surface area contributed by atoms with Crippen molar-refractivity contribution in [1.82, 2.24) is 0 Å². The number of nitrogens with two attached hydrogens (primary N) is 2. The number of halogens is 1. The molecule has 4 aliphatic rings. The minimum absolute atomic E-state index is 0.0657. The quantitative estimate of drug-likeness (QED) is 0.389. The van der Waals surface area contributed by atoms with Gasteiger partial charge >= 0.3 is 0 Å². The summed E-state index contributed by atoms with van der Waals surface area (Å²) >= 11 is 0. The molecular formula is C23H32FN3O4. The molecule has 31 heavy (non-hydrogen) atoms. The number of carbonyl (C=O) groups excluding carboxylic acids is 2. The molecule has 0 aromatic carbocycles. The zero-order valence-electron chi connectivity index (χ0n) is 18.3. The van der Waals surface area contributed by atoms with Gasteiger partial charge in [-0.05, 0) is 56.6 Å². The van der Waals surface area contributed by atoms with Crippen LogP contribution in [0.2, 0.25) is 0 Å². The third kappa shape index (κ3) is 2.61. The molecule has 3 fully saturated rings. The second-order valence-corrected chi connectivity index (χ2v) is 10.3. The Kier molecular flexibility index (Phi) is 4.80. The lowest BCUT2D eigenvalue weighted by Crippen LogP contribution is -2.69. The van der Waals surface area contributed by atoms with Crippen molar-refractivity contribution in [2.75, 3.05) is 6.54 Å². The number of aliphatic hydroxyl groups excluding tert-OH is 1. The molecule has 3 saturated carbocycles. The van der Waals surface area contributed by atoms with Crippen molar-refractivity contribution in [2.24, 2.45) is 45.0 Å². The Labute approximate surface area is 181 Å². The molecule has 0 saturated heterocycles. The Morgan fingerprint density at radius 3 is 2.65 bits per heavy atom. The highest BCUT2D eigenvalue weighted by Gasteiger charge is 2.75. The third-order valence-corrected chi connectivity index (χ3v) is 9.05. The van der Waals surface area contributed by atoms with Crippen LogP contribution in [-0.2, 0) is 9.59 Å². The summed E-state index contributed by atoms with van der Waals surface area (Å²) in [6, 6.07) is 0. The molecule has 0 aliphatic heterocycles. The highest BCUT2D eigenvalue weighted by atomic mass is 19.1. The predicted octanol–water partition coefficient (Wildman–Crippen LogP) is 1.18. The first-order chi connectivity index (χ1) is 14.3. The minimum Gasteiger partial charge on any atom is -0.390 e. The van der Waals surface area contributed by atoms with Gasteiger partial charge in [0.15, 0.2) is 23.2 Å². The fraction of sp³-hybridized carbons (Fsp3) is 0.696. The molecule has 170 valence electrons. The first kappa shape index (κ1) is 22.1. The summed E-state index contributed by atoms with van der Waals surface area (Å²) in [5.74, 6) is -2.23. The smallest absolute Gasteiger partial charge is 0.186 e. The molecule has 0 amide bonds. The van der Waals surface area contributed by atoms with Gasteiger partial charge in [-0.2, -0.15) is 0 Å². The number of allylic oxidation sites excluding steroid dienone is 4. The van der Waals surface area contributed by atoms with E-state index in [9.17, 15) is 19.8 Å². The Balaban J connectivity index is 1.78. The molecule has 7 nitrogen and oxygen atoms in total. The molecule has 0 aromatic rings. The molecule has 7 unspecified atom stereocenters. The number of aliphatic hydroxyl groups is 2. The number of alkyl halides is 1. The second-order valence-electron chi connectivity index (χ2n) is 10.3. The molecule has 0 heterocycles. The number of guanidine groups is 1. The summed E-state index contributed by atoms with van der Waals surface area (Å²) < 4.78 is 17.0. The van der Waals surface area contributed by atoms with Gasteiger partial charge in [0, 0.05) is 16.7 Å². The van der Waals surface area contributed by atoms with Gasteiger partial charge in [-0.25, -0.2) is 9.38 Å². The van der Waals surface area contributed by atoms with Crippen LogP contribution >= 0.6 is 0 Å². The van der Waals surface area contributed by atoms with Crippen molar-refractivity contribution < 1.29 is 24.2 Å². The Morgan fingerprint density at radius 1 is 1.32 bits per heavy atom. The first-order valence-electron chi connectivity index (χ1n) is 10.9. The van der Waals surface area contributed by atoms with Gasteiger partial charge in [0.1, 0.15) is 12.1 Å². The lowest BCUT2D eigenvalue weighted by Gasteiger charge is -2.62. The lowest BCUT2D eigenvalue weighted by molar-refractivity contribution is -0.218. The van der Waals surface area contributed by atoms with E-state index in [1.807, 2.05) is 0 Å². The van der Waals surface area contributed by atoms with Crippen molar-refractivity contribution in [3.63, 3.8) is 0 Å². The van der Waals surface area contributed by atoms with Crippen LogP contribution in [0.1, 0.15) is 46.5 Å². The number of Topliss-reactive ketones (excluding diaryl/α,β-unsaturated/α-hetero) is 1. The van der Waals surface area contributed by atoms with Crippen molar-refractivity contribution in [3.05, 3.63) is 23.8 Å². The van der Waals surface area contributed by atoms with Crippen LogP contribution < -0.4 is 11.5 Å². The summed E-state index contributed by atoms with van der Waals surface area (Å²) in [6.45, 7) is 4.96.